The number of imidazole rings is 1. The number of carbonyl (C=O) groups is 1. The molecule has 1 N–H and O–H groups in total. The first kappa shape index (κ1) is 25.1. The van der Waals surface area contributed by atoms with Crippen molar-refractivity contribution in [1.29, 1.82) is 0 Å². The molecule has 39 heavy (non-hydrogen) atoms. The quantitative estimate of drug-likeness (QED) is 0.339. The topological polar surface area (TPSA) is 66.5 Å². The molecule has 1 aliphatic heterocycles. The average molecular weight is 520 g/mol. The normalized spacial score (nSPS) is 15.1. The van der Waals surface area contributed by atoms with E-state index in [1.807, 2.05) is 68.8 Å². The Labute approximate surface area is 228 Å². The Morgan fingerprint density at radius 1 is 0.897 bits per heavy atom. The van der Waals surface area contributed by atoms with Gasteiger partial charge in [-0.25, -0.2) is 4.98 Å². The van der Waals surface area contributed by atoms with E-state index in [0.717, 1.165) is 46.2 Å². The highest BCUT2D eigenvalue weighted by atomic mass is 16.3. The van der Waals surface area contributed by atoms with Gasteiger partial charge in [-0.05, 0) is 28.9 Å². The molecule has 0 spiro atoms. The molecule has 1 atom stereocenters. The Balaban J connectivity index is 1.35. The Morgan fingerprint density at radius 3 is 2.46 bits per heavy atom. The Morgan fingerprint density at radius 2 is 1.64 bits per heavy atom. The number of rotatable bonds is 7. The molecule has 1 saturated heterocycles. The third-order valence-electron chi connectivity index (χ3n) is 7.65. The van der Waals surface area contributed by atoms with Crippen LogP contribution in [0.1, 0.15) is 27.8 Å². The summed E-state index contributed by atoms with van der Waals surface area (Å²) in [6.45, 7) is 3.66. The molecule has 6 rings (SSSR count). The maximum atomic E-state index is 13.9. The van der Waals surface area contributed by atoms with Crippen LogP contribution >= 0.6 is 0 Å². The van der Waals surface area contributed by atoms with Crippen molar-refractivity contribution >= 4 is 16.7 Å². The van der Waals surface area contributed by atoms with Gasteiger partial charge in [-0.2, -0.15) is 0 Å². The van der Waals surface area contributed by atoms with Crippen molar-refractivity contribution in [2.24, 2.45) is 0 Å². The molecule has 0 radical (unpaired) electrons. The first-order chi connectivity index (χ1) is 19.1. The molecule has 7 heteroatoms. The van der Waals surface area contributed by atoms with E-state index >= 15 is 0 Å². The van der Waals surface area contributed by atoms with Gasteiger partial charge in [-0.3, -0.25) is 4.79 Å². The third-order valence-corrected chi connectivity index (χ3v) is 7.65. The van der Waals surface area contributed by atoms with Crippen molar-refractivity contribution in [1.82, 2.24) is 23.9 Å². The highest BCUT2D eigenvalue weighted by Crippen LogP contribution is 2.33. The molecule has 0 saturated carbocycles. The summed E-state index contributed by atoms with van der Waals surface area (Å²) in [5.74, 6) is 0.0578. The zero-order valence-electron chi connectivity index (χ0n) is 22.1. The van der Waals surface area contributed by atoms with Gasteiger partial charge in [0.2, 0.25) is 0 Å². The minimum absolute atomic E-state index is 0.0578. The minimum atomic E-state index is -0.732. The predicted octanol–water partition coefficient (Wildman–Crippen LogP) is 4.67. The molecule has 1 aliphatic rings. The van der Waals surface area contributed by atoms with Gasteiger partial charge in [0.25, 0.3) is 5.91 Å². The number of aliphatic hydroxyl groups excluding tert-OH is 1. The van der Waals surface area contributed by atoms with Gasteiger partial charge in [-0.1, -0.05) is 72.8 Å². The van der Waals surface area contributed by atoms with E-state index in [4.69, 9.17) is 0 Å². The van der Waals surface area contributed by atoms with Crippen LogP contribution in [0, 0.1) is 0 Å². The van der Waals surface area contributed by atoms with Crippen molar-refractivity contribution in [3.63, 3.8) is 0 Å². The summed E-state index contributed by atoms with van der Waals surface area (Å²) in [7, 11) is 2.09. The summed E-state index contributed by atoms with van der Waals surface area (Å²) < 4.78 is 3.86. The van der Waals surface area contributed by atoms with E-state index in [2.05, 4.69) is 47.4 Å². The molecule has 7 nitrogen and oxygen atoms in total. The third kappa shape index (κ3) is 5.24. The standard InChI is InChI=1S/C32H33N5O2/c1-34-14-16-36(17-15-34)32(39)30-22-35(21-29(30)28-13-7-11-25-10-5-6-12-27(25)28)20-26-19-33-23-37(26)31(38)18-24-8-3-2-4-9-24/h2-13,19,21-23,31,38H,14-18,20H2,1H3. The molecule has 0 aliphatic carbocycles. The number of fused-ring (bicyclic) bond motifs is 1. The van der Waals surface area contributed by atoms with Crippen molar-refractivity contribution in [3.05, 3.63) is 115 Å². The molecule has 5 aromatic rings. The monoisotopic (exact) mass is 519 g/mol. The highest BCUT2D eigenvalue weighted by Gasteiger charge is 2.25. The van der Waals surface area contributed by atoms with Gasteiger partial charge in [0.15, 0.2) is 0 Å². The predicted molar refractivity (Wildman–Crippen MR) is 154 cm³/mol. The highest BCUT2D eigenvalue weighted by molar-refractivity contribution is 6.06. The second kappa shape index (κ2) is 10.9. The maximum absolute atomic E-state index is 13.9. The minimum Gasteiger partial charge on any atom is -0.373 e. The number of benzene rings is 3. The van der Waals surface area contributed by atoms with Crippen LogP contribution < -0.4 is 0 Å². The molecular weight excluding hydrogens is 486 g/mol. The lowest BCUT2D eigenvalue weighted by Crippen LogP contribution is -2.47. The van der Waals surface area contributed by atoms with Crippen LogP contribution in [0.4, 0.5) is 0 Å². The molecular formula is C32H33N5O2. The lowest BCUT2D eigenvalue weighted by atomic mass is 9.97. The molecule has 3 aromatic carbocycles. The zero-order chi connectivity index (χ0) is 26.8. The number of amides is 1. The Kier molecular flexibility index (Phi) is 7.00. The van der Waals surface area contributed by atoms with Crippen molar-refractivity contribution in [3.8, 4) is 11.1 Å². The molecule has 2 aromatic heterocycles. The molecule has 1 amide bonds. The van der Waals surface area contributed by atoms with E-state index in [1.54, 1.807) is 12.5 Å². The van der Waals surface area contributed by atoms with E-state index in [9.17, 15) is 9.90 Å². The van der Waals surface area contributed by atoms with Crippen LogP contribution in [0.3, 0.4) is 0 Å². The van der Waals surface area contributed by atoms with E-state index in [0.29, 0.717) is 31.6 Å². The number of likely N-dealkylation sites (N-methyl/N-ethyl adjacent to an activating group) is 1. The van der Waals surface area contributed by atoms with E-state index in [-0.39, 0.29) is 5.91 Å². The Bertz CT molecular complexity index is 1580. The molecule has 1 fully saturated rings. The SMILES string of the molecule is CN1CCN(C(=O)c2cn(Cc3cncn3C(O)Cc3ccccc3)cc2-c2cccc3ccccc23)CC1. The number of aliphatic hydroxyl groups is 1. The van der Waals surface area contributed by atoms with Gasteiger partial charge in [-0.15, -0.1) is 0 Å². The summed E-state index contributed by atoms with van der Waals surface area (Å²) in [5, 5.41) is 13.3. The van der Waals surface area contributed by atoms with Crippen LogP contribution in [-0.2, 0) is 13.0 Å². The summed E-state index contributed by atoms with van der Waals surface area (Å²) in [6, 6.07) is 24.5. The number of nitrogens with zero attached hydrogens (tertiary/aromatic N) is 5. The van der Waals surface area contributed by atoms with Crippen LogP contribution in [0.5, 0.6) is 0 Å². The van der Waals surface area contributed by atoms with Crippen LogP contribution in [0.15, 0.2) is 97.7 Å². The fraction of sp³-hybridized carbons (Fsp3) is 0.250. The summed E-state index contributed by atoms with van der Waals surface area (Å²) in [6.07, 6.45) is 7.24. The summed E-state index contributed by atoms with van der Waals surface area (Å²) >= 11 is 0. The number of piperazine rings is 1. The fourth-order valence-electron chi connectivity index (χ4n) is 5.46. The number of aromatic nitrogens is 3. The smallest absolute Gasteiger partial charge is 0.256 e. The maximum Gasteiger partial charge on any atom is 0.256 e. The number of hydrogen-bond donors (Lipinski definition) is 1. The first-order valence-corrected chi connectivity index (χ1v) is 13.5. The largest absolute Gasteiger partial charge is 0.373 e. The van der Waals surface area contributed by atoms with Gasteiger partial charge >= 0.3 is 0 Å². The molecule has 3 heterocycles. The molecule has 198 valence electrons. The summed E-state index contributed by atoms with van der Waals surface area (Å²) in [4.78, 5) is 22.4. The van der Waals surface area contributed by atoms with Crippen LogP contribution in [0.2, 0.25) is 0 Å². The fourth-order valence-corrected chi connectivity index (χ4v) is 5.46. The molecule has 1 unspecified atom stereocenters. The van der Waals surface area contributed by atoms with E-state index in [1.165, 1.54) is 0 Å². The van der Waals surface area contributed by atoms with Crippen molar-refractivity contribution in [2.75, 3.05) is 33.2 Å². The average Bonchev–Trinajstić information content (AvgIpc) is 3.61. The van der Waals surface area contributed by atoms with Crippen molar-refractivity contribution < 1.29 is 9.90 Å². The summed E-state index contributed by atoms with van der Waals surface area (Å²) in [5.41, 5.74) is 4.60. The van der Waals surface area contributed by atoms with Gasteiger partial charge in [0.05, 0.1) is 30.3 Å². The van der Waals surface area contributed by atoms with Gasteiger partial charge in [0, 0.05) is 50.6 Å². The number of carbonyl (C=O) groups excluding carboxylic acids is 1. The second-order valence-corrected chi connectivity index (χ2v) is 10.3. The Hall–Kier alpha value is -4.20. The van der Waals surface area contributed by atoms with E-state index < -0.39 is 6.23 Å². The second-order valence-electron chi connectivity index (χ2n) is 10.3. The lowest BCUT2D eigenvalue weighted by Gasteiger charge is -2.32. The molecule has 0 bridgehead atoms. The van der Waals surface area contributed by atoms with Gasteiger partial charge < -0.3 is 24.0 Å². The van der Waals surface area contributed by atoms with Crippen molar-refractivity contribution in [2.45, 2.75) is 19.2 Å². The lowest BCUT2D eigenvalue weighted by molar-refractivity contribution is 0.0664. The first-order valence-electron chi connectivity index (χ1n) is 13.5. The van der Waals surface area contributed by atoms with Gasteiger partial charge in [0.1, 0.15) is 6.23 Å². The van der Waals surface area contributed by atoms with Crippen LogP contribution in [-0.4, -0.2) is 68.2 Å². The zero-order valence-corrected chi connectivity index (χ0v) is 22.1. The number of hydrogen-bond acceptors (Lipinski definition) is 4. The van der Waals surface area contributed by atoms with Crippen LogP contribution in [0.25, 0.3) is 21.9 Å².